The van der Waals surface area contributed by atoms with Crippen molar-refractivity contribution in [1.29, 1.82) is 0 Å². The van der Waals surface area contributed by atoms with Crippen molar-refractivity contribution in [3.8, 4) is 0 Å². The van der Waals surface area contributed by atoms with Crippen molar-refractivity contribution in [2.45, 2.75) is 50.7 Å². The van der Waals surface area contributed by atoms with Gasteiger partial charge in [0, 0.05) is 24.6 Å². The first-order valence-corrected chi connectivity index (χ1v) is 8.66. The van der Waals surface area contributed by atoms with E-state index >= 15 is 0 Å². The number of hydrogen-bond donors (Lipinski definition) is 1. The number of ether oxygens (including phenoxy) is 1. The highest BCUT2D eigenvalue weighted by molar-refractivity contribution is 7.07. The number of nitrogens with one attached hydrogen (secondary N) is 1. The molecule has 2 heterocycles. The minimum Gasteiger partial charge on any atom is -0.377 e. The van der Waals surface area contributed by atoms with E-state index in [0.29, 0.717) is 11.5 Å². The maximum absolute atomic E-state index is 6.16. The van der Waals surface area contributed by atoms with E-state index in [1.54, 1.807) is 0 Å². The smallest absolute Gasteiger partial charge is 0.0675 e. The van der Waals surface area contributed by atoms with Crippen molar-refractivity contribution in [2.75, 3.05) is 13.2 Å². The fourth-order valence-corrected chi connectivity index (χ4v) is 4.29. The van der Waals surface area contributed by atoms with Gasteiger partial charge in [0.15, 0.2) is 0 Å². The fraction of sp³-hybridized carbons (Fsp3) is 0.750. The van der Waals surface area contributed by atoms with Gasteiger partial charge >= 0.3 is 0 Å². The van der Waals surface area contributed by atoms with Crippen LogP contribution in [0.15, 0.2) is 16.8 Å². The summed E-state index contributed by atoms with van der Waals surface area (Å²) in [6, 6.07) is 3.10. The van der Waals surface area contributed by atoms with Gasteiger partial charge < -0.3 is 10.1 Å². The van der Waals surface area contributed by atoms with Crippen molar-refractivity contribution in [1.82, 2.24) is 5.32 Å². The Morgan fingerprint density at radius 3 is 2.89 bits per heavy atom. The second-order valence-corrected chi connectivity index (χ2v) is 7.48. The van der Waals surface area contributed by atoms with Gasteiger partial charge in [0.1, 0.15) is 0 Å². The van der Waals surface area contributed by atoms with E-state index in [0.717, 1.165) is 25.1 Å². The Morgan fingerprint density at radius 2 is 2.21 bits per heavy atom. The zero-order valence-corrected chi connectivity index (χ0v) is 12.3. The molecule has 0 radical (unpaired) electrons. The van der Waals surface area contributed by atoms with Crippen LogP contribution in [0.25, 0.3) is 0 Å². The highest BCUT2D eigenvalue weighted by Gasteiger charge is 2.51. The molecule has 1 aromatic heterocycles. The molecular formula is C16H23NOS. The second-order valence-electron chi connectivity index (χ2n) is 6.70. The van der Waals surface area contributed by atoms with Gasteiger partial charge in [-0.15, -0.1) is 0 Å². The van der Waals surface area contributed by atoms with E-state index in [1.807, 2.05) is 11.3 Å². The average Bonchev–Trinajstić information content (AvgIpc) is 3.34. The molecule has 104 valence electrons. The molecule has 0 amide bonds. The molecular weight excluding hydrogens is 254 g/mol. The molecule has 1 saturated heterocycles. The Morgan fingerprint density at radius 1 is 1.32 bits per heavy atom. The van der Waals surface area contributed by atoms with Gasteiger partial charge in [0.2, 0.25) is 0 Å². The highest BCUT2D eigenvalue weighted by atomic mass is 32.1. The minimum atomic E-state index is 0.366. The molecule has 2 atom stereocenters. The van der Waals surface area contributed by atoms with Crippen LogP contribution in [0.1, 0.15) is 37.7 Å². The van der Waals surface area contributed by atoms with Crippen LogP contribution >= 0.6 is 11.3 Å². The van der Waals surface area contributed by atoms with E-state index in [9.17, 15) is 0 Å². The SMILES string of the molecule is c1cc(CC2(CNC3CC3)CCOC2C2CC2)cs1. The molecule has 1 N–H and O–H groups in total. The van der Waals surface area contributed by atoms with Crippen molar-refractivity contribution >= 4 is 11.3 Å². The lowest BCUT2D eigenvalue weighted by atomic mass is 9.74. The van der Waals surface area contributed by atoms with Crippen LogP contribution in [-0.2, 0) is 11.2 Å². The van der Waals surface area contributed by atoms with Crippen LogP contribution in [0.5, 0.6) is 0 Å². The average molecular weight is 277 g/mol. The van der Waals surface area contributed by atoms with Crippen LogP contribution in [0.4, 0.5) is 0 Å². The summed E-state index contributed by atoms with van der Waals surface area (Å²) in [5.41, 5.74) is 1.88. The predicted molar refractivity (Wildman–Crippen MR) is 78.6 cm³/mol. The summed E-state index contributed by atoms with van der Waals surface area (Å²) in [4.78, 5) is 0. The van der Waals surface area contributed by atoms with Crippen molar-refractivity contribution in [3.63, 3.8) is 0 Å². The summed E-state index contributed by atoms with van der Waals surface area (Å²) in [7, 11) is 0. The summed E-state index contributed by atoms with van der Waals surface area (Å²) in [5.74, 6) is 0.849. The lowest BCUT2D eigenvalue weighted by molar-refractivity contribution is 0.0305. The summed E-state index contributed by atoms with van der Waals surface area (Å²) < 4.78 is 6.16. The van der Waals surface area contributed by atoms with E-state index in [1.165, 1.54) is 44.1 Å². The van der Waals surface area contributed by atoms with Crippen LogP contribution in [-0.4, -0.2) is 25.3 Å². The molecule has 0 bridgehead atoms. The van der Waals surface area contributed by atoms with Crippen LogP contribution in [0.2, 0.25) is 0 Å². The zero-order chi connectivity index (χ0) is 12.7. The Kier molecular flexibility index (Phi) is 3.17. The molecule has 3 heteroatoms. The Labute approximate surface area is 119 Å². The maximum Gasteiger partial charge on any atom is 0.0675 e. The zero-order valence-electron chi connectivity index (χ0n) is 11.4. The number of thiophene rings is 1. The van der Waals surface area contributed by atoms with E-state index in [2.05, 4.69) is 22.1 Å². The largest absolute Gasteiger partial charge is 0.377 e. The first kappa shape index (κ1) is 12.4. The van der Waals surface area contributed by atoms with E-state index in [-0.39, 0.29) is 0 Å². The molecule has 2 unspecified atom stereocenters. The third-order valence-corrected chi connectivity index (χ3v) is 5.74. The second kappa shape index (κ2) is 4.87. The van der Waals surface area contributed by atoms with Gasteiger partial charge in [0.05, 0.1) is 6.10 Å². The molecule has 0 spiro atoms. The van der Waals surface area contributed by atoms with Gasteiger partial charge in [0.25, 0.3) is 0 Å². The quantitative estimate of drug-likeness (QED) is 0.862. The monoisotopic (exact) mass is 277 g/mol. The first-order chi connectivity index (χ1) is 9.36. The van der Waals surface area contributed by atoms with Gasteiger partial charge in [-0.2, -0.15) is 11.3 Å². The summed E-state index contributed by atoms with van der Waals surface area (Å²) in [6.45, 7) is 2.13. The molecule has 4 rings (SSSR count). The molecule has 19 heavy (non-hydrogen) atoms. The van der Waals surface area contributed by atoms with Crippen molar-refractivity contribution in [3.05, 3.63) is 22.4 Å². The van der Waals surface area contributed by atoms with Crippen molar-refractivity contribution in [2.24, 2.45) is 11.3 Å². The van der Waals surface area contributed by atoms with Crippen LogP contribution in [0.3, 0.4) is 0 Å². The molecule has 3 aliphatic rings. The van der Waals surface area contributed by atoms with Crippen molar-refractivity contribution < 1.29 is 4.74 Å². The van der Waals surface area contributed by atoms with Gasteiger partial charge in [-0.25, -0.2) is 0 Å². The molecule has 2 nitrogen and oxygen atoms in total. The number of rotatable bonds is 6. The Hall–Kier alpha value is -0.380. The summed E-state index contributed by atoms with van der Waals surface area (Å²) >= 11 is 1.82. The summed E-state index contributed by atoms with van der Waals surface area (Å²) in [6.07, 6.45) is 8.49. The Bertz CT molecular complexity index is 424. The van der Waals surface area contributed by atoms with Gasteiger partial charge in [-0.05, 0) is 66.8 Å². The molecule has 0 aromatic carbocycles. The third-order valence-electron chi connectivity index (χ3n) is 5.01. The van der Waals surface area contributed by atoms with Crippen LogP contribution in [0, 0.1) is 11.3 Å². The maximum atomic E-state index is 6.16. The molecule has 1 aromatic rings. The molecule has 3 fully saturated rings. The predicted octanol–water partition coefficient (Wildman–Crippen LogP) is 3.23. The lowest BCUT2D eigenvalue weighted by Crippen LogP contribution is -2.44. The topological polar surface area (TPSA) is 21.3 Å². The van der Waals surface area contributed by atoms with Gasteiger partial charge in [-0.3, -0.25) is 0 Å². The van der Waals surface area contributed by atoms with E-state index < -0.39 is 0 Å². The van der Waals surface area contributed by atoms with E-state index in [4.69, 9.17) is 4.74 Å². The Balaban J connectivity index is 1.53. The lowest BCUT2D eigenvalue weighted by Gasteiger charge is -2.35. The number of hydrogen-bond acceptors (Lipinski definition) is 3. The third kappa shape index (κ3) is 2.61. The first-order valence-electron chi connectivity index (χ1n) is 7.72. The molecule has 2 aliphatic carbocycles. The fourth-order valence-electron chi connectivity index (χ4n) is 3.62. The highest BCUT2D eigenvalue weighted by Crippen LogP contribution is 2.49. The molecule has 2 saturated carbocycles. The van der Waals surface area contributed by atoms with Gasteiger partial charge in [-0.1, -0.05) is 0 Å². The standard InChI is InChI=1S/C16H23NOS/c1-2-13(1)15-16(6-7-18-15,11-17-14-3-4-14)9-12-5-8-19-10-12/h5,8,10,13-15,17H,1-4,6-7,9,11H2. The van der Waals surface area contributed by atoms with Crippen LogP contribution < -0.4 is 5.32 Å². The summed E-state index contributed by atoms with van der Waals surface area (Å²) in [5, 5.41) is 8.32. The molecule has 1 aliphatic heterocycles. The minimum absolute atomic E-state index is 0.366. The normalized spacial score (nSPS) is 34.8.